The number of benzene rings is 1. The fourth-order valence-corrected chi connectivity index (χ4v) is 1.50. The molecule has 0 radical (unpaired) electrons. The Bertz CT molecular complexity index is 456. The second kappa shape index (κ2) is 5.67. The fourth-order valence-electron chi connectivity index (χ4n) is 1.50. The number of nitrogen functional groups attached to an aromatic ring is 1. The van der Waals surface area contributed by atoms with Gasteiger partial charge in [-0.3, -0.25) is 4.79 Å². The van der Waals surface area contributed by atoms with E-state index in [2.05, 4.69) is 26.1 Å². The number of nitrogens with one attached hydrogen (secondary N) is 2. The van der Waals surface area contributed by atoms with Gasteiger partial charge in [-0.05, 0) is 30.0 Å². The zero-order chi connectivity index (χ0) is 13.8. The molecular formula is C14H25N3O. The highest BCUT2D eigenvalue weighted by Crippen LogP contribution is 2.21. The molecule has 1 amide bonds. The molecule has 4 nitrogen and oxygen atoms in total. The van der Waals surface area contributed by atoms with Crippen LogP contribution < -0.4 is 11.1 Å². The highest BCUT2D eigenvalue weighted by atomic mass is 16.1. The normalized spacial score (nSPS) is 11.1. The van der Waals surface area contributed by atoms with Crippen LogP contribution in [0.1, 0.15) is 42.0 Å². The minimum Gasteiger partial charge on any atom is -0.398 e. The highest BCUT2D eigenvalue weighted by molar-refractivity contribution is 5.93. The summed E-state index contributed by atoms with van der Waals surface area (Å²) in [6.45, 7) is 6.32. The first-order valence-electron chi connectivity index (χ1n) is 6.02. The molecule has 0 aliphatic heterocycles. The Hall–Kier alpha value is -1.84. The van der Waals surface area contributed by atoms with Crippen LogP contribution in [0.2, 0.25) is 0 Å². The molecule has 1 rings (SSSR count). The van der Waals surface area contributed by atoms with E-state index in [0.29, 0.717) is 23.4 Å². The third kappa shape index (κ3) is 4.57. The first-order valence-corrected chi connectivity index (χ1v) is 6.02. The van der Waals surface area contributed by atoms with E-state index < -0.39 is 0 Å². The quantitative estimate of drug-likeness (QED) is 0.565. The summed E-state index contributed by atoms with van der Waals surface area (Å²) in [5.41, 5.74) is 7.73. The molecule has 1 aromatic rings. The van der Waals surface area contributed by atoms with Gasteiger partial charge in [-0.15, -0.1) is 0 Å². The van der Waals surface area contributed by atoms with E-state index in [1.54, 1.807) is 18.2 Å². The van der Waals surface area contributed by atoms with Gasteiger partial charge in [0.05, 0.1) is 0 Å². The molecule has 102 valence electrons. The monoisotopic (exact) mass is 251 g/mol. The van der Waals surface area contributed by atoms with Crippen LogP contribution in [0.25, 0.3) is 0 Å². The van der Waals surface area contributed by atoms with Crippen molar-refractivity contribution in [3.8, 4) is 0 Å². The van der Waals surface area contributed by atoms with Crippen LogP contribution in [0.5, 0.6) is 0 Å². The number of amides is 1. The largest absolute Gasteiger partial charge is 0.398 e. The number of carbonyl (C=O) groups is 1. The molecule has 0 unspecified atom stereocenters. The average Bonchev–Trinajstić information content (AvgIpc) is 2.26. The zero-order valence-corrected chi connectivity index (χ0v) is 11.2. The maximum absolute atomic E-state index is 11.7. The van der Waals surface area contributed by atoms with Gasteiger partial charge in [-0.2, -0.15) is 0 Å². The first-order chi connectivity index (χ1) is 8.31. The van der Waals surface area contributed by atoms with Crippen LogP contribution in [-0.4, -0.2) is 12.1 Å². The molecular weight excluding hydrogens is 226 g/mol. The number of nitrogens with two attached hydrogens (primary N) is 1. The van der Waals surface area contributed by atoms with Crippen LogP contribution in [0.4, 0.5) is 11.4 Å². The van der Waals surface area contributed by atoms with Crippen molar-refractivity contribution in [1.29, 1.82) is 5.41 Å². The number of hydrogen-bond acceptors (Lipinski definition) is 3. The Morgan fingerprint density at radius 3 is 2.67 bits per heavy atom. The number of carbonyl (C=O) groups excluding carboxylic acids is 1. The Morgan fingerprint density at radius 1 is 1.50 bits per heavy atom. The highest BCUT2D eigenvalue weighted by Gasteiger charge is 2.13. The SMILES string of the molecule is CC(C)(C)CCC(=O)Nc1ccc(C=N)c(N)c1.[HH].[HH]. The third-order valence-electron chi connectivity index (χ3n) is 2.63. The molecule has 0 saturated heterocycles. The lowest BCUT2D eigenvalue weighted by molar-refractivity contribution is -0.116. The summed E-state index contributed by atoms with van der Waals surface area (Å²) in [4.78, 5) is 11.7. The summed E-state index contributed by atoms with van der Waals surface area (Å²) >= 11 is 0. The van der Waals surface area contributed by atoms with Gasteiger partial charge in [0.1, 0.15) is 0 Å². The molecule has 0 saturated carbocycles. The van der Waals surface area contributed by atoms with E-state index in [1.165, 1.54) is 6.21 Å². The molecule has 4 heteroatoms. The van der Waals surface area contributed by atoms with E-state index in [4.69, 9.17) is 11.1 Å². The Labute approximate surface area is 111 Å². The van der Waals surface area contributed by atoms with Gasteiger partial charge in [0.25, 0.3) is 0 Å². The van der Waals surface area contributed by atoms with Gasteiger partial charge < -0.3 is 16.5 Å². The van der Waals surface area contributed by atoms with Crippen LogP contribution in [-0.2, 0) is 4.79 Å². The van der Waals surface area contributed by atoms with Crippen LogP contribution in [0, 0.1) is 10.8 Å². The predicted octanol–water partition coefficient (Wildman–Crippen LogP) is 3.52. The standard InChI is InChI=1S/C14H21N3O.2H2/c1-14(2,3)7-6-13(18)17-11-5-4-10(9-15)12(16)8-11;;/h4-5,8-9,15H,6-7,16H2,1-3H3,(H,17,18);2*1H. The topological polar surface area (TPSA) is 79.0 Å². The van der Waals surface area contributed by atoms with E-state index in [9.17, 15) is 4.79 Å². The number of anilines is 2. The molecule has 0 aromatic heterocycles. The number of rotatable bonds is 4. The van der Waals surface area contributed by atoms with Crippen molar-refractivity contribution in [3.63, 3.8) is 0 Å². The van der Waals surface area contributed by atoms with Gasteiger partial charge >= 0.3 is 0 Å². The Morgan fingerprint density at radius 2 is 2.17 bits per heavy atom. The second-order valence-corrected chi connectivity index (χ2v) is 5.60. The summed E-state index contributed by atoms with van der Waals surface area (Å²) in [6.07, 6.45) is 2.53. The van der Waals surface area contributed by atoms with E-state index >= 15 is 0 Å². The van der Waals surface area contributed by atoms with Gasteiger partial charge in [0.15, 0.2) is 0 Å². The fraction of sp³-hybridized carbons (Fsp3) is 0.429. The summed E-state index contributed by atoms with van der Waals surface area (Å²) < 4.78 is 0. The maximum Gasteiger partial charge on any atom is 0.224 e. The van der Waals surface area contributed by atoms with Crippen molar-refractivity contribution in [2.24, 2.45) is 5.41 Å². The second-order valence-electron chi connectivity index (χ2n) is 5.60. The molecule has 18 heavy (non-hydrogen) atoms. The van der Waals surface area contributed by atoms with Crippen LogP contribution >= 0.6 is 0 Å². The van der Waals surface area contributed by atoms with Crippen LogP contribution in [0.15, 0.2) is 18.2 Å². The van der Waals surface area contributed by atoms with Gasteiger partial charge in [-0.1, -0.05) is 20.8 Å². The summed E-state index contributed by atoms with van der Waals surface area (Å²) in [5, 5.41) is 9.95. The minimum atomic E-state index is -0.00747. The van der Waals surface area contributed by atoms with E-state index in [-0.39, 0.29) is 14.2 Å². The predicted molar refractivity (Wildman–Crippen MR) is 80.3 cm³/mol. The van der Waals surface area contributed by atoms with Gasteiger partial charge in [-0.25, -0.2) is 0 Å². The van der Waals surface area contributed by atoms with Crippen molar-refractivity contribution in [2.75, 3.05) is 11.1 Å². The van der Waals surface area contributed by atoms with Crippen molar-refractivity contribution >= 4 is 23.5 Å². The molecule has 0 spiro atoms. The van der Waals surface area contributed by atoms with E-state index in [1.807, 2.05) is 0 Å². The molecule has 0 heterocycles. The van der Waals surface area contributed by atoms with Crippen LogP contribution in [0.3, 0.4) is 0 Å². The summed E-state index contributed by atoms with van der Waals surface area (Å²) in [5.74, 6) is -0.00747. The summed E-state index contributed by atoms with van der Waals surface area (Å²) in [7, 11) is 0. The van der Waals surface area contributed by atoms with Gasteiger partial charge in [0, 0.05) is 32.4 Å². The molecule has 0 aliphatic carbocycles. The smallest absolute Gasteiger partial charge is 0.224 e. The lowest BCUT2D eigenvalue weighted by atomic mass is 9.90. The minimum absolute atomic E-state index is 0. The molecule has 4 N–H and O–H groups in total. The number of hydrogen-bond donors (Lipinski definition) is 3. The molecule has 0 aliphatic rings. The maximum atomic E-state index is 11.7. The molecule has 1 aromatic carbocycles. The molecule has 0 fully saturated rings. The third-order valence-corrected chi connectivity index (χ3v) is 2.63. The lowest BCUT2D eigenvalue weighted by Gasteiger charge is -2.17. The zero-order valence-electron chi connectivity index (χ0n) is 11.2. The molecule has 0 bridgehead atoms. The Kier molecular flexibility index (Phi) is 4.48. The van der Waals surface area contributed by atoms with Gasteiger partial charge in [0.2, 0.25) is 5.91 Å². The van der Waals surface area contributed by atoms with E-state index in [0.717, 1.165) is 6.42 Å². The average molecular weight is 251 g/mol. The van der Waals surface area contributed by atoms with Crippen molar-refractivity contribution in [1.82, 2.24) is 0 Å². The lowest BCUT2D eigenvalue weighted by Crippen LogP contribution is -2.15. The Balaban J connectivity index is 0. The van der Waals surface area contributed by atoms with Crippen molar-refractivity contribution in [3.05, 3.63) is 23.8 Å². The molecule has 0 atom stereocenters. The first kappa shape index (κ1) is 14.2. The summed E-state index contributed by atoms with van der Waals surface area (Å²) in [6, 6.07) is 5.16. The van der Waals surface area contributed by atoms with Crippen molar-refractivity contribution < 1.29 is 7.65 Å². The van der Waals surface area contributed by atoms with Crippen molar-refractivity contribution in [2.45, 2.75) is 33.6 Å².